The first-order valence-electron chi connectivity index (χ1n) is 9.90. The standard InChI is InChI=1S/C19H33NO7S3/c1-2-20-18(27)19(6-3-9-28-12-15(21)22,7-4-10-29-13-16(23)24)8-5-11-30-14-17(25)26/h2-14H2,1H3,(H,20,27)(H,21,22)(H,23,24)(H,25,26). The highest BCUT2D eigenvalue weighted by molar-refractivity contribution is 8.00. The van der Waals surface area contributed by atoms with Crippen LogP contribution >= 0.6 is 35.3 Å². The number of thioether (sulfide) groups is 3. The maximum absolute atomic E-state index is 13.0. The van der Waals surface area contributed by atoms with Crippen LogP contribution in [0.15, 0.2) is 0 Å². The molecule has 0 fully saturated rings. The second kappa shape index (κ2) is 17.6. The second-order valence-corrected chi connectivity index (χ2v) is 10.1. The molecule has 0 bridgehead atoms. The molecule has 0 radical (unpaired) electrons. The fourth-order valence-corrected chi connectivity index (χ4v) is 5.08. The van der Waals surface area contributed by atoms with Crippen LogP contribution in [0.2, 0.25) is 0 Å². The van der Waals surface area contributed by atoms with Crippen LogP contribution in [-0.2, 0) is 19.2 Å². The fraction of sp³-hybridized carbons (Fsp3) is 0.789. The first-order valence-corrected chi connectivity index (χ1v) is 13.4. The number of carboxylic acids is 3. The van der Waals surface area contributed by atoms with E-state index < -0.39 is 23.3 Å². The summed E-state index contributed by atoms with van der Waals surface area (Å²) < 4.78 is 0. The van der Waals surface area contributed by atoms with Gasteiger partial charge < -0.3 is 20.6 Å². The fourth-order valence-electron chi connectivity index (χ4n) is 3.08. The summed E-state index contributed by atoms with van der Waals surface area (Å²) in [5.41, 5.74) is -0.604. The number of nitrogens with one attached hydrogen (secondary N) is 1. The molecule has 4 N–H and O–H groups in total. The lowest BCUT2D eigenvalue weighted by atomic mass is 9.74. The Morgan fingerprint density at radius 1 is 0.700 bits per heavy atom. The molecule has 0 unspecified atom stereocenters. The van der Waals surface area contributed by atoms with E-state index in [1.807, 2.05) is 6.92 Å². The first-order chi connectivity index (χ1) is 14.2. The quantitative estimate of drug-likeness (QED) is 0.191. The minimum Gasteiger partial charge on any atom is -0.481 e. The number of carbonyl (C=O) groups is 4. The molecule has 0 aliphatic carbocycles. The van der Waals surface area contributed by atoms with Gasteiger partial charge in [0, 0.05) is 12.0 Å². The van der Waals surface area contributed by atoms with Gasteiger partial charge in [0.2, 0.25) is 5.91 Å². The molecule has 0 saturated carbocycles. The Morgan fingerprint density at radius 3 is 1.30 bits per heavy atom. The molecule has 0 rings (SSSR count). The van der Waals surface area contributed by atoms with Gasteiger partial charge in [0.25, 0.3) is 0 Å². The molecule has 0 aliphatic rings. The van der Waals surface area contributed by atoms with Crippen molar-refractivity contribution in [2.75, 3.05) is 41.1 Å². The monoisotopic (exact) mass is 483 g/mol. The summed E-state index contributed by atoms with van der Waals surface area (Å²) in [5.74, 6) is -0.565. The maximum Gasteiger partial charge on any atom is 0.313 e. The minimum absolute atomic E-state index is 0.0281. The summed E-state index contributed by atoms with van der Waals surface area (Å²) in [4.78, 5) is 45.0. The van der Waals surface area contributed by atoms with E-state index in [4.69, 9.17) is 15.3 Å². The van der Waals surface area contributed by atoms with Crippen LogP contribution in [-0.4, -0.2) is 80.2 Å². The molecule has 0 aliphatic heterocycles. The Kier molecular flexibility index (Phi) is 17.0. The zero-order chi connectivity index (χ0) is 22.8. The maximum atomic E-state index is 13.0. The van der Waals surface area contributed by atoms with Crippen molar-refractivity contribution in [1.29, 1.82) is 0 Å². The summed E-state index contributed by atoms with van der Waals surface area (Å²) in [6.45, 7) is 2.37. The number of hydrogen-bond acceptors (Lipinski definition) is 7. The topological polar surface area (TPSA) is 141 Å². The predicted octanol–water partition coefficient (Wildman–Crippen LogP) is 2.90. The lowest BCUT2D eigenvalue weighted by Crippen LogP contribution is -2.41. The van der Waals surface area contributed by atoms with Crippen molar-refractivity contribution < 1.29 is 34.5 Å². The molecule has 0 heterocycles. The molecule has 0 aromatic heterocycles. The first kappa shape index (κ1) is 28.9. The molecule has 8 nitrogen and oxygen atoms in total. The lowest BCUT2D eigenvalue weighted by molar-refractivity contribution is -0.134. The van der Waals surface area contributed by atoms with E-state index in [1.54, 1.807) is 0 Å². The van der Waals surface area contributed by atoms with E-state index in [-0.39, 0.29) is 23.2 Å². The molecule has 174 valence electrons. The zero-order valence-electron chi connectivity index (χ0n) is 17.4. The normalized spacial score (nSPS) is 11.2. The summed E-state index contributed by atoms with van der Waals surface area (Å²) >= 11 is 3.98. The van der Waals surface area contributed by atoms with Crippen LogP contribution in [0, 0.1) is 5.41 Å². The Labute approximate surface area is 190 Å². The molecule has 0 spiro atoms. The number of hydrogen-bond donors (Lipinski definition) is 4. The van der Waals surface area contributed by atoms with Crippen LogP contribution in [0.4, 0.5) is 0 Å². The van der Waals surface area contributed by atoms with Crippen molar-refractivity contribution >= 4 is 59.1 Å². The third-order valence-corrected chi connectivity index (χ3v) is 7.41. The summed E-state index contributed by atoms with van der Waals surface area (Å²) in [6.07, 6.45) is 3.99. The Balaban J connectivity index is 4.95. The van der Waals surface area contributed by atoms with E-state index in [2.05, 4.69) is 5.32 Å². The molecule has 11 heteroatoms. The number of amides is 1. The third kappa shape index (κ3) is 14.8. The van der Waals surface area contributed by atoms with Gasteiger partial charge in [0.15, 0.2) is 0 Å². The number of carboxylic acid groups (broad SMARTS) is 3. The Morgan fingerprint density at radius 2 is 1.03 bits per heavy atom. The van der Waals surface area contributed by atoms with Gasteiger partial charge in [-0.15, -0.1) is 0 Å². The molecule has 1 amide bonds. The molecule has 30 heavy (non-hydrogen) atoms. The van der Waals surface area contributed by atoms with Crippen LogP contribution in [0.3, 0.4) is 0 Å². The predicted molar refractivity (Wildman–Crippen MR) is 124 cm³/mol. The van der Waals surface area contributed by atoms with Gasteiger partial charge in [0.05, 0.1) is 17.3 Å². The van der Waals surface area contributed by atoms with Gasteiger partial charge in [-0.2, -0.15) is 35.3 Å². The second-order valence-electron chi connectivity index (χ2n) is 6.79. The van der Waals surface area contributed by atoms with Gasteiger partial charge in [0.1, 0.15) is 0 Å². The van der Waals surface area contributed by atoms with Gasteiger partial charge in [-0.25, -0.2) is 0 Å². The van der Waals surface area contributed by atoms with Crippen molar-refractivity contribution in [3.05, 3.63) is 0 Å². The highest BCUT2D eigenvalue weighted by Gasteiger charge is 2.36. The number of aliphatic carboxylic acids is 3. The summed E-state index contributed by atoms with van der Waals surface area (Å²) in [7, 11) is 0. The Hall–Kier alpha value is -1.07. The van der Waals surface area contributed by atoms with Crippen molar-refractivity contribution in [1.82, 2.24) is 5.32 Å². The molecule has 0 atom stereocenters. The van der Waals surface area contributed by atoms with Crippen molar-refractivity contribution in [2.24, 2.45) is 5.41 Å². The summed E-state index contributed by atoms with van der Waals surface area (Å²) in [5, 5.41) is 29.2. The van der Waals surface area contributed by atoms with Gasteiger partial charge in [-0.1, -0.05) is 0 Å². The highest BCUT2D eigenvalue weighted by atomic mass is 32.2. The largest absolute Gasteiger partial charge is 0.481 e. The van der Waals surface area contributed by atoms with E-state index in [0.29, 0.717) is 62.3 Å². The molecular weight excluding hydrogens is 450 g/mol. The van der Waals surface area contributed by atoms with Crippen molar-refractivity contribution in [2.45, 2.75) is 45.4 Å². The van der Waals surface area contributed by atoms with Gasteiger partial charge in [-0.3, -0.25) is 19.2 Å². The molecule has 0 aromatic rings. The van der Waals surface area contributed by atoms with Crippen molar-refractivity contribution in [3.8, 4) is 0 Å². The van der Waals surface area contributed by atoms with Gasteiger partial charge in [-0.05, 0) is 62.7 Å². The van der Waals surface area contributed by atoms with Gasteiger partial charge >= 0.3 is 17.9 Å². The SMILES string of the molecule is CCNC(=O)C(CCCSCC(=O)O)(CCCSCC(=O)O)CCCSCC(=O)O. The van der Waals surface area contributed by atoms with E-state index in [0.717, 1.165) is 0 Å². The minimum atomic E-state index is -0.860. The molecular formula is C19H33NO7S3. The average molecular weight is 484 g/mol. The molecule has 0 saturated heterocycles. The number of carbonyl (C=O) groups excluding carboxylic acids is 1. The lowest BCUT2D eigenvalue weighted by Gasteiger charge is -2.33. The van der Waals surface area contributed by atoms with E-state index >= 15 is 0 Å². The van der Waals surface area contributed by atoms with Crippen molar-refractivity contribution in [3.63, 3.8) is 0 Å². The summed E-state index contributed by atoms with van der Waals surface area (Å²) in [6, 6.07) is 0. The average Bonchev–Trinajstić information content (AvgIpc) is 2.66. The van der Waals surface area contributed by atoms with Crippen LogP contribution < -0.4 is 5.32 Å². The van der Waals surface area contributed by atoms with E-state index in [9.17, 15) is 19.2 Å². The third-order valence-electron chi connectivity index (χ3n) is 4.33. The molecule has 0 aromatic carbocycles. The van der Waals surface area contributed by atoms with Crippen LogP contribution in [0.1, 0.15) is 45.4 Å². The van der Waals surface area contributed by atoms with E-state index in [1.165, 1.54) is 35.3 Å². The van der Waals surface area contributed by atoms with Crippen LogP contribution in [0.5, 0.6) is 0 Å². The smallest absolute Gasteiger partial charge is 0.313 e. The Bertz CT molecular complexity index is 486. The zero-order valence-corrected chi connectivity index (χ0v) is 19.8. The highest BCUT2D eigenvalue weighted by Crippen LogP contribution is 2.37. The van der Waals surface area contributed by atoms with Crippen LogP contribution in [0.25, 0.3) is 0 Å². The number of rotatable bonds is 20.